The lowest BCUT2D eigenvalue weighted by atomic mass is 9.97. The summed E-state index contributed by atoms with van der Waals surface area (Å²) in [6, 6.07) is 59.3. The van der Waals surface area contributed by atoms with E-state index in [1.165, 1.54) is 32.7 Å². The first kappa shape index (κ1) is 32.8. The Morgan fingerprint density at radius 2 is 0.962 bits per heavy atom. The number of nitrogens with one attached hydrogen (secondary N) is 5. The largest absolute Gasteiger partial charge is 0.346 e. The van der Waals surface area contributed by atoms with Crippen molar-refractivity contribution in [2.45, 2.75) is 30.7 Å². The van der Waals surface area contributed by atoms with Crippen LogP contribution in [0.15, 0.2) is 181 Å². The summed E-state index contributed by atoms with van der Waals surface area (Å²) in [5, 5.41) is 23.2. The van der Waals surface area contributed by atoms with Crippen molar-refractivity contribution in [2.24, 2.45) is 10.7 Å². The summed E-state index contributed by atoms with van der Waals surface area (Å²) in [7, 11) is 0. The van der Waals surface area contributed by atoms with Crippen molar-refractivity contribution in [3.05, 3.63) is 209 Å². The molecule has 0 radical (unpaired) electrons. The number of guanidine groups is 1. The van der Waals surface area contributed by atoms with Crippen molar-refractivity contribution in [3.8, 4) is 0 Å². The minimum atomic E-state index is -0.588. The third kappa shape index (κ3) is 7.07. The Morgan fingerprint density at radius 1 is 0.472 bits per heavy atom. The monoisotopic (exact) mass is 691 g/mol. The fraction of sp³-hybridized carbons (Fsp3) is 0.109. The van der Waals surface area contributed by atoms with Crippen LogP contribution in [0.5, 0.6) is 0 Å². The Balaban J connectivity index is 0.993. The maximum absolute atomic E-state index is 6.84. The highest BCUT2D eigenvalue weighted by atomic mass is 15.4. The van der Waals surface area contributed by atoms with Crippen LogP contribution >= 0.6 is 0 Å². The van der Waals surface area contributed by atoms with Crippen LogP contribution in [0.25, 0.3) is 27.2 Å². The Labute approximate surface area is 309 Å². The molecule has 1 saturated heterocycles. The highest BCUT2D eigenvalue weighted by Crippen LogP contribution is 2.30. The molecule has 0 spiro atoms. The van der Waals surface area contributed by atoms with Crippen LogP contribution in [0.1, 0.15) is 64.1 Å². The van der Waals surface area contributed by atoms with E-state index in [2.05, 4.69) is 190 Å². The molecule has 7 aromatic rings. The summed E-state index contributed by atoms with van der Waals surface area (Å²) >= 11 is 0. The molecule has 0 amide bonds. The zero-order valence-electron chi connectivity index (χ0n) is 29.2. The lowest BCUT2D eigenvalue weighted by Crippen LogP contribution is -2.54. The van der Waals surface area contributed by atoms with Gasteiger partial charge in [0.25, 0.3) is 0 Å². The fourth-order valence-electron chi connectivity index (χ4n) is 7.35. The van der Waals surface area contributed by atoms with Crippen LogP contribution in [0.3, 0.4) is 0 Å². The Hall–Kier alpha value is -6.09. The van der Waals surface area contributed by atoms with Gasteiger partial charge < -0.3 is 16.4 Å². The van der Waals surface area contributed by atoms with Crippen LogP contribution in [-0.4, -0.2) is 5.96 Å². The first-order valence-corrected chi connectivity index (χ1v) is 18.2. The van der Waals surface area contributed by atoms with Crippen molar-refractivity contribution in [3.63, 3.8) is 0 Å². The first-order valence-electron chi connectivity index (χ1n) is 18.2. The zero-order valence-corrected chi connectivity index (χ0v) is 29.2. The second kappa shape index (κ2) is 14.5. The lowest BCUT2D eigenvalue weighted by Gasteiger charge is -2.39. The maximum Gasteiger partial charge on any atom is 0.198 e. The van der Waals surface area contributed by atoms with Gasteiger partial charge in [-0.2, -0.15) is 0 Å². The molecule has 2 aliphatic rings. The SMILES string of the molecule is NC(/N=C1\NC(c2ccc3ccccc3c2)=CC(c2ccc3ccccc3c2)N1)c1ccc(C2NC(c3ccccc3)NC(c3ccccc3)N2)cc1. The van der Waals surface area contributed by atoms with Gasteiger partial charge in [0.05, 0.1) is 24.5 Å². The summed E-state index contributed by atoms with van der Waals surface area (Å²) in [6.07, 6.45) is 1.48. The average Bonchev–Trinajstić information content (AvgIpc) is 3.23. The summed E-state index contributed by atoms with van der Waals surface area (Å²) < 4.78 is 0. The van der Waals surface area contributed by atoms with Crippen molar-refractivity contribution in [2.75, 3.05) is 0 Å². The fourth-order valence-corrected chi connectivity index (χ4v) is 7.35. The van der Waals surface area contributed by atoms with Crippen LogP contribution in [0.2, 0.25) is 0 Å². The minimum absolute atomic E-state index is 0.0372. The highest BCUT2D eigenvalue weighted by molar-refractivity contribution is 5.95. The standard InChI is InChI=1S/C46H41N7/c47-42(32-21-23-35(24-22-32)45-52-43(33-13-3-1-4-14-33)51-44(53-45)34-15-5-2-6-16-34)50-46-48-40(38-25-19-30-11-7-9-17-36(30)27-38)29-41(49-46)39-26-20-31-12-8-10-18-37(31)28-39/h1-29,40,42-45,51-53H,47H2,(H2,48,49,50). The zero-order chi connectivity index (χ0) is 35.6. The second-order valence-electron chi connectivity index (χ2n) is 13.7. The Morgan fingerprint density at radius 3 is 1.57 bits per heavy atom. The number of hydrogen-bond donors (Lipinski definition) is 6. The number of benzene rings is 7. The van der Waals surface area contributed by atoms with Gasteiger partial charge in [-0.1, -0.05) is 158 Å². The number of nitrogens with zero attached hydrogens (tertiary/aromatic N) is 1. The summed E-state index contributed by atoms with van der Waals surface area (Å²) in [4.78, 5) is 5.02. The van der Waals surface area contributed by atoms with E-state index >= 15 is 0 Å². The van der Waals surface area contributed by atoms with Crippen molar-refractivity contribution in [1.82, 2.24) is 26.6 Å². The molecule has 9 rings (SSSR count). The van der Waals surface area contributed by atoms with E-state index in [1.807, 2.05) is 12.1 Å². The van der Waals surface area contributed by atoms with Crippen LogP contribution in [0.4, 0.5) is 0 Å². The van der Waals surface area contributed by atoms with E-state index < -0.39 is 6.17 Å². The van der Waals surface area contributed by atoms with Crippen molar-refractivity contribution >= 4 is 33.2 Å². The normalized spacial score (nSPS) is 21.5. The Kier molecular flexibility index (Phi) is 8.97. The topological polar surface area (TPSA) is 98.5 Å². The third-order valence-corrected chi connectivity index (χ3v) is 10.2. The lowest BCUT2D eigenvalue weighted by molar-refractivity contribution is 0.203. The van der Waals surface area contributed by atoms with Gasteiger partial charge in [-0.15, -0.1) is 0 Å². The van der Waals surface area contributed by atoms with Gasteiger partial charge >= 0.3 is 0 Å². The molecule has 2 aliphatic heterocycles. The summed E-state index contributed by atoms with van der Waals surface area (Å²) in [6.45, 7) is 0. The summed E-state index contributed by atoms with van der Waals surface area (Å²) in [5.74, 6) is 0.628. The van der Waals surface area contributed by atoms with Crippen LogP contribution in [0, 0.1) is 0 Å². The molecule has 260 valence electrons. The van der Waals surface area contributed by atoms with E-state index in [-0.39, 0.29) is 24.5 Å². The van der Waals surface area contributed by atoms with E-state index in [4.69, 9.17) is 10.7 Å². The molecule has 2 heterocycles. The van der Waals surface area contributed by atoms with Gasteiger partial charge in [0.15, 0.2) is 5.96 Å². The average molecular weight is 692 g/mol. The molecule has 0 bridgehead atoms. The molecule has 0 aromatic heterocycles. The molecule has 1 fully saturated rings. The van der Waals surface area contributed by atoms with E-state index in [0.717, 1.165) is 28.0 Å². The third-order valence-electron chi connectivity index (χ3n) is 10.2. The molecule has 7 nitrogen and oxygen atoms in total. The van der Waals surface area contributed by atoms with Gasteiger partial charge in [0.1, 0.15) is 6.17 Å². The van der Waals surface area contributed by atoms with Gasteiger partial charge in [-0.25, -0.2) is 4.99 Å². The smallest absolute Gasteiger partial charge is 0.198 e. The number of fused-ring (bicyclic) bond motifs is 2. The molecule has 0 saturated carbocycles. The predicted molar refractivity (Wildman–Crippen MR) is 216 cm³/mol. The molecule has 7 heteroatoms. The molecule has 53 heavy (non-hydrogen) atoms. The molecule has 7 aromatic carbocycles. The molecule has 7 N–H and O–H groups in total. The molecule has 0 aliphatic carbocycles. The minimum Gasteiger partial charge on any atom is -0.346 e. The van der Waals surface area contributed by atoms with Gasteiger partial charge in [0, 0.05) is 5.70 Å². The van der Waals surface area contributed by atoms with Crippen molar-refractivity contribution < 1.29 is 0 Å². The second-order valence-corrected chi connectivity index (χ2v) is 13.7. The number of nitrogens with two attached hydrogens (primary N) is 1. The predicted octanol–water partition coefficient (Wildman–Crippen LogP) is 8.46. The van der Waals surface area contributed by atoms with E-state index in [9.17, 15) is 0 Å². The molecular weight excluding hydrogens is 651 g/mol. The van der Waals surface area contributed by atoms with Gasteiger partial charge in [-0.3, -0.25) is 16.0 Å². The first-order chi connectivity index (χ1) is 26.1. The number of aliphatic imine (C=N–C) groups is 1. The van der Waals surface area contributed by atoms with E-state index in [1.54, 1.807) is 0 Å². The molecular formula is C46H41N7. The van der Waals surface area contributed by atoms with E-state index in [0.29, 0.717) is 5.96 Å². The Bertz CT molecular complexity index is 2380. The van der Waals surface area contributed by atoms with Crippen molar-refractivity contribution in [1.29, 1.82) is 0 Å². The molecule has 4 unspecified atom stereocenters. The maximum atomic E-state index is 6.84. The quantitative estimate of drug-likeness (QED) is 0.100. The molecule has 4 atom stereocenters. The highest BCUT2D eigenvalue weighted by Gasteiger charge is 2.29. The number of rotatable bonds is 7. The summed E-state index contributed by atoms with van der Waals surface area (Å²) in [5.41, 5.74) is 14.5. The van der Waals surface area contributed by atoms with Gasteiger partial charge in [0.2, 0.25) is 0 Å². The van der Waals surface area contributed by atoms with Crippen LogP contribution < -0.4 is 32.3 Å². The number of hydrogen-bond acceptors (Lipinski definition) is 5. The van der Waals surface area contributed by atoms with Crippen LogP contribution in [-0.2, 0) is 0 Å². The van der Waals surface area contributed by atoms with Gasteiger partial charge in [-0.05, 0) is 73.1 Å².